The van der Waals surface area contributed by atoms with E-state index in [2.05, 4.69) is 5.32 Å². The van der Waals surface area contributed by atoms with E-state index in [9.17, 15) is 9.90 Å². The maximum Gasteiger partial charge on any atom is 0.337 e. The van der Waals surface area contributed by atoms with Gasteiger partial charge >= 0.3 is 5.97 Å². The lowest BCUT2D eigenvalue weighted by Gasteiger charge is -2.27. The molecule has 98 valence electrons. The molecule has 0 atom stereocenters. The summed E-state index contributed by atoms with van der Waals surface area (Å²) in [4.78, 5) is 11.4. The molecule has 0 aliphatic heterocycles. The summed E-state index contributed by atoms with van der Waals surface area (Å²) in [5.41, 5.74) is 1.48. The summed E-state index contributed by atoms with van der Waals surface area (Å²) in [6, 6.07) is 7.70. The van der Waals surface area contributed by atoms with Crippen molar-refractivity contribution >= 4 is 11.7 Å². The molecule has 0 spiro atoms. The number of aliphatic hydroxyl groups is 1. The summed E-state index contributed by atoms with van der Waals surface area (Å²) in [6.45, 7) is 0. The smallest absolute Gasteiger partial charge is 0.337 e. The molecule has 1 fully saturated rings. The van der Waals surface area contributed by atoms with Crippen LogP contribution in [0.15, 0.2) is 24.3 Å². The number of hydrogen-bond acceptors (Lipinski definition) is 4. The van der Waals surface area contributed by atoms with E-state index < -0.39 is 0 Å². The van der Waals surface area contributed by atoms with Crippen LogP contribution in [0.25, 0.3) is 0 Å². The molecule has 1 aliphatic rings. The highest BCUT2D eigenvalue weighted by molar-refractivity contribution is 5.90. The summed E-state index contributed by atoms with van der Waals surface area (Å²) in [6.07, 6.45) is 3.46. The van der Waals surface area contributed by atoms with Gasteiger partial charge in [-0.15, -0.1) is 0 Å². The third-order valence-electron chi connectivity index (χ3n) is 3.35. The standard InChI is InChI=1S/C14H19NO3/c1-18-14(17)10-3-2-4-12(9-10)15-11-5-7-13(16)8-6-11/h2-4,9,11,13,15-16H,5-8H2,1H3. The molecule has 1 aromatic rings. The Bertz CT molecular complexity index is 411. The molecular weight excluding hydrogens is 230 g/mol. The van der Waals surface area contributed by atoms with Crippen LogP contribution < -0.4 is 5.32 Å². The minimum absolute atomic E-state index is 0.149. The lowest BCUT2D eigenvalue weighted by molar-refractivity contribution is 0.0601. The highest BCUT2D eigenvalue weighted by Crippen LogP contribution is 2.22. The quantitative estimate of drug-likeness (QED) is 0.806. The molecule has 0 bridgehead atoms. The van der Waals surface area contributed by atoms with Crippen molar-refractivity contribution in [1.29, 1.82) is 0 Å². The fraction of sp³-hybridized carbons (Fsp3) is 0.500. The van der Waals surface area contributed by atoms with E-state index in [-0.39, 0.29) is 12.1 Å². The third kappa shape index (κ3) is 3.23. The van der Waals surface area contributed by atoms with Crippen molar-refractivity contribution in [3.05, 3.63) is 29.8 Å². The normalized spacial score (nSPS) is 23.4. The zero-order valence-corrected chi connectivity index (χ0v) is 10.6. The number of esters is 1. The minimum atomic E-state index is -0.322. The Morgan fingerprint density at radius 2 is 2.06 bits per heavy atom. The summed E-state index contributed by atoms with van der Waals surface area (Å²) in [7, 11) is 1.38. The maximum absolute atomic E-state index is 11.4. The number of benzene rings is 1. The van der Waals surface area contributed by atoms with E-state index in [1.165, 1.54) is 7.11 Å². The van der Waals surface area contributed by atoms with E-state index in [0.717, 1.165) is 31.4 Å². The first kappa shape index (κ1) is 12.9. The molecule has 1 saturated carbocycles. The largest absolute Gasteiger partial charge is 0.465 e. The van der Waals surface area contributed by atoms with Gasteiger partial charge in [-0.05, 0) is 43.9 Å². The lowest BCUT2D eigenvalue weighted by Crippen LogP contribution is -2.28. The average molecular weight is 249 g/mol. The van der Waals surface area contributed by atoms with Crippen molar-refractivity contribution in [2.45, 2.75) is 37.8 Å². The van der Waals surface area contributed by atoms with Gasteiger partial charge in [-0.2, -0.15) is 0 Å². The van der Waals surface area contributed by atoms with Crippen LogP contribution in [0, 0.1) is 0 Å². The number of carbonyl (C=O) groups is 1. The first-order chi connectivity index (χ1) is 8.69. The summed E-state index contributed by atoms with van der Waals surface area (Å²) < 4.78 is 4.70. The second-order valence-corrected chi connectivity index (χ2v) is 4.72. The van der Waals surface area contributed by atoms with Crippen molar-refractivity contribution in [3.63, 3.8) is 0 Å². The van der Waals surface area contributed by atoms with Gasteiger partial charge in [-0.1, -0.05) is 6.07 Å². The van der Waals surface area contributed by atoms with Crippen molar-refractivity contribution in [3.8, 4) is 0 Å². The number of rotatable bonds is 3. The van der Waals surface area contributed by atoms with Crippen LogP contribution in [-0.4, -0.2) is 30.3 Å². The fourth-order valence-electron chi connectivity index (χ4n) is 2.31. The predicted octanol–water partition coefficient (Wildman–Crippen LogP) is 2.19. The number of carbonyl (C=O) groups excluding carboxylic acids is 1. The highest BCUT2D eigenvalue weighted by Gasteiger charge is 2.19. The van der Waals surface area contributed by atoms with Crippen molar-refractivity contribution < 1.29 is 14.6 Å². The van der Waals surface area contributed by atoms with Crippen molar-refractivity contribution in [1.82, 2.24) is 0 Å². The van der Waals surface area contributed by atoms with Crippen LogP contribution in [0.3, 0.4) is 0 Å². The van der Waals surface area contributed by atoms with Gasteiger partial charge in [0, 0.05) is 11.7 Å². The zero-order valence-electron chi connectivity index (χ0n) is 10.6. The first-order valence-corrected chi connectivity index (χ1v) is 6.32. The number of anilines is 1. The van der Waals surface area contributed by atoms with Gasteiger partial charge in [0.25, 0.3) is 0 Å². The van der Waals surface area contributed by atoms with E-state index in [1.54, 1.807) is 12.1 Å². The molecule has 2 rings (SSSR count). The molecule has 0 saturated heterocycles. The van der Waals surface area contributed by atoms with Gasteiger partial charge in [0.2, 0.25) is 0 Å². The summed E-state index contributed by atoms with van der Waals surface area (Å²) in [5.74, 6) is -0.322. The molecule has 18 heavy (non-hydrogen) atoms. The molecule has 4 nitrogen and oxygen atoms in total. The van der Waals surface area contributed by atoms with Crippen molar-refractivity contribution in [2.24, 2.45) is 0 Å². The highest BCUT2D eigenvalue weighted by atomic mass is 16.5. The summed E-state index contributed by atoms with van der Waals surface area (Å²) in [5, 5.41) is 12.9. The number of aliphatic hydroxyl groups excluding tert-OH is 1. The Kier molecular flexibility index (Phi) is 4.20. The molecule has 0 amide bonds. The second-order valence-electron chi connectivity index (χ2n) is 4.72. The Hall–Kier alpha value is -1.55. The van der Waals surface area contributed by atoms with E-state index in [0.29, 0.717) is 11.6 Å². The van der Waals surface area contributed by atoms with Crippen LogP contribution in [0.5, 0.6) is 0 Å². The number of methoxy groups -OCH3 is 1. The van der Waals surface area contributed by atoms with Crippen LogP contribution in [0.4, 0.5) is 5.69 Å². The van der Waals surface area contributed by atoms with Crippen LogP contribution in [0.1, 0.15) is 36.0 Å². The molecule has 0 aromatic heterocycles. The number of nitrogens with one attached hydrogen (secondary N) is 1. The van der Waals surface area contributed by atoms with Crippen LogP contribution in [0.2, 0.25) is 0 Å². The fourth-order valence-corrected chi connectivity index (χ4v) is 2.31. The Morgan fingerprint density at radius 1 is 1.33 bits per heavy atom. The molecule has 0 unspecified atom stereocenters. The van der Waals surface area contributed by atoms with Gasteiger partial charge in [0.15, 0.2) is 0 Å². The SMILES string of the molecule is COC(=O)c1cccc(NC2CCC(O)CC2)c1. The molecular formula is C14H19NO3. The van der Waals surface area contributed by atoms with Crippen molar-refractivity contribution in [2.75, 3.05) is 12.4 Å². The topological polar surface area (TPSA) is 58.6 Å². The average Bonchev–Trinajstić information content (AvgIpc) is 2.41. The lowest BCUT2D eigenvalue weighted by atomic mass is 9.93. The molecule has 1 aliphatic carbocycles. The number of hydrogen-bond donors (Lipinski definition) is 2. The van der Waals surface area contributed by atoms with E-state index >= 15 is 0 Å². The maximum atomic E-state index is 11.4. The third-order valence-corrected chi connectivity index (χ3v) is 3.35. The molecule has 1 aromatic carbocycles. The predicted molar refractivity (Wildman–Crippen MR) is 69.7 cm³/mol. The minimum Gasteiger partial charge on any atom is -0.465 e. The van der Waals surface area contributed by atoms with E-state index in [1.807, 2.05) is 12.1 Å². The van der Waals surface area contributed by atoms with Crippen LogP contribution >= 0.6 is 0 Å². The molecule has 0 heterocycles. The second kappa shape index (κ2) is 5.87. The zero-order chi connectivity index (χ0) is 13.0. The van der Waals surface area contributed by atoms with Gasteiger partial charge in [-0.25, -0.2) is 4.79 Å². The van der Waals surface area contributed by atoms with E-state index in [4.69, 9.17) is 4.74 Å². The van der Waals surface area contributed by atoms with Crippen LogP contribution in [-0.2, 0) is 4.74 Å². The molecule has 4 heteroatoms. The first-order valence-electron chi connectivity index (χ1n) is 6.32. The molecule has 2 N–H and O–H groups in total. The van der Waals surface area contributed by atoms with Gasteiger partial charge < -0.3 is 15.2 Å². The van der Waals surface area contributed by atoms with Gasteiger partial charge in [0.1, 0.15) is 0 Å². The van der Waals surface area contributed by atoms with Gasteiger partial charge in [-0.3, -0.25) is 0 Å². The Labute approximate surface area is 107 Å². The Morgan fingerprint density at radius 3 is 2.72 bits per heavy atom. The number of ether oxygens (including phenoxy) is 1. The molecule has 0 radical (unpaired) electrons. The monoisotopic (exact) mass is 249 g/mol. The Balaban J connectivity index is 1.99. The van der Waals surface area contributed by atoms with Gasteiger partial charge in [0.05, 0.1) is 18.8 Å². The summed E-state index contributed by atoms with van der Waals surface area (Å²) >= 11 is 0.